The highest BCUT2D eigenvalue weighted by Gasteiger charge is 2.25. The van der Waals surface area contributed by atoms with E-state index in [-0.39, 0.29) is 11.8 Å². The van der Waals surface area contributed by atoms with Crippen molar-refractivity contribution < 1.29 is 14.3 Å². The van der Waals surface area contributed by atoms with Gasteiger partial charge >= 0.3 is 5.97 Å². The van der Waals surface area contributed by atoms with E-state index in [0.717, 1.165) is 5.69 Å². The Balaban J connectivity index is 2.13. The monoisotopic (exact) mass is 301 g/mol. The smallest absolute Gasteiger partial charge is 0.328 e. The van der Waals surface area contributed by atoms with Gasteiger partial charge in [0.15, 0.2) is 0 Å². The molecule has 6 nitrogen and oxygen atoms in total. The second kappa shape index (κ2) is 6.89. The highest BCUT2D eigenvalue weighted by Crippen LogP contribution is 2.09. The molecule has 1 aromatic carbocycles. The van der Waals surface area contributed by atoms with Gasteiger partial charge in [0.05, 0.1) is 24.6 Å². The maximum atomic E-state index is 12.3. The Hall–Kier alpha value is -2.63. The van der Waals surface area contributed by atoms with E-state index in [1.165, 1.54) is 13.3 Å². The number of rotatable bonds is 5. The van der Waals surface area contributed by atoms with Gasteiger partial charge in [0.2, 0.25) is 0 Å². The first kappa shape index (κ1) is 15.8. The van der Waals surface area contributed by atoms with E-state index in [2.05, 4.69) is 10.4 Å². The van der Waals surface area contributed by atoms with E-state index in [1.54, 1.807) is 10.9 Å². The zero-order chi connectivity index (χ0) is 16.1. The maximum absolute atomic E-state index is 12.3. The van der Waals surface area contributed by atoms with Crippen LogP contribution in [0.25, 0.3) is 5.69 Å². The van der Waals surface area contributed by atoms with Gasteiger partial charge in [-0.3, -0.25) is 4.79 Å². The summed E-state index contributed by atoms with van der Waals surface area (Å²) in [5.41, 5.74) is 1.24. The average molecular weight is 301 g/mol. The summed E-state index contributed by atoms with van der Waals surface area (Å²) in [6.07, 6.45) is 3.09. The van der Waals surface area contributed by atoms with Crippen LogP contribution >= 0.6 is 0 Å². The molecule has 0 aliphatic heterocycles. The van der Waals surface area contributed by atoms with E-state index in [1.807, 2.05) is 44.2 Å². The molecule has 1 N–H and O–H groups in total. The zero-order valence-corrected chi connectivity index (χ0v) is 12.8. The van der Waals surface area contributed by atoms with Crippen molar-refractivity contribution >= 4 is 11.9 Å². The molecule has 0 radical (unpaired) electrons. The van der Waals surface area contributed by atoms with Crippen LogP contribution in [0.1, 0.15) is 24.2 Å². The second-order valence-electron chi connectivity index (χ2n) is 5.23. The van der Waals surface area contributed by atoms with Crippen molar-refractivity contribution in [3.63, 3.8) is 0 Å². The number of methoxy groups -OCH3 is 1. The number of nitrogens with zero attached hydrogens (tertiary/aromatic N) is 2. The van der Waals surface area contributed by atoms with Crippen molar-refractivity contribution in [1.82, 2.24) is 15.1 Å². The van der Waals surface area contributed by atoms with Crippen molar-refractivity contribution in [2.45, 2.75) is 19.9 Å². The zero-order valence-electron chi connectivity index (χ0n) is 12.8. The van der Waals surface area contributed by atoms with Gasteiger partial charge in [-0.25, -0.2) is 9.48 Å². The standard InChI is InChI=1S/C16H19N3O3/c1-11(2)14(16(21)22-3)18-15(20)12-9-17-19(10-12)13-7-5-4-6-8-13/h4-11,14H,1-3H3,(H,18,20). The fraction of sp³-hybridized carbons (Fsp3) is 0.312. The summed E-state index contributed by atoms with van der Waals surface area (Å²) >= 11 is 0. The second-order valence-corrected chi connectivity index (χ2v) is 5.23. The molecule has 1 amide bonds. The van der Waals surface area contributed by atoms with Gasteiger partial charge in [-0.2, -0.15) is 5.10 Å². The third-order valence-electron chi connectivity index (χ3n) is 3.27. The summed E-state index contributed by atoms with van der Waals surface area (Å²) in [5, 5.41) is 6.85. The van der Waals surface area contributed by atoms with Gasteiger partial charge in [0.25, 0.3) is 5.91 Å². The predicted molar refractivity (Wildman–Crippen MR) is 81.7 cm³/mol. The van der Waals surface area contributed by atoms with Crippen LogP contribution in [-0.2, 0) is 9.53 Å². The summed E-state index contributed by atoms with van der Waals surface area (Å²) in [6, 6.07) is 8.79. The van der Waals surface area contributed by atoms with Crippen molar-refractivity contribution in [3.05, 3.63) is 48.3 Å². The maximum Gasteiger partial charge on any atom is 0.328 e. The molecule has 0 saturated heterocycles. The number of nitrogens with one attached hydrogen (secondary N) is 1. The van der Waals surface area contributed by atoms with Crippen LogP contribution in [0.3, 0.4) is 0 Å². The number of hydrogen-bond donors (Lipinski definition) is 1. The van der Waals surface area contributed by atoms with E-state index in [0.29, 0.717) is 5.56 Å². The quantitative estimate of drug-likeness (QED) is 0.855. The fourth-order valence-corrected chi connectivity index (χ4v) is 2.01. The van der Waals surface area contributed by atoms with Crippen molar-refractivity contribution in [3.8, 4) is 5.69 Å². The summed E-state index contributed by atoms with van der Waals surface area (Å²) in [5.74, 6) is -0.884. The van der Waals surface area contributed by atoms with Crippen LogP contribution in [0.15, 0.2) is 42.7 Å². The lowest BCUT2D eigenvalue weighted by Gasteiger charge is -2.19. The number of hydrogen-bond acceptors (Lipinski definition) is 4. The van der Waals surface area contributed by atoms with E-state index in [9.17, 15) is 9.59 Å². The molecule has 1 heterocycles. The van der Waals surface area contributed by atoms with Gasteiger partial charge < -0.3 is 10.1 Å². The molecule has 2 rings (SSSR count). The molecule has 1 aromatic heterocycles. The minimum atomic E-state index is -0.683. The van der Waals surface area contributed by atoms with Crippen molar-refractivity contribution in [2.24, 2.45) is 5.92 Å². The third kappa shape index (κ3) is 3.52. The number of carbonyl (C=O) groups excluding carboxylic acids is 2. The third-order valence-corrected chi connectivity index (χ3v) is 3.27. The number of benzene rings is 1. The van der Waals surface area contributed by atoms with E-state index >= 15 is 0 Å². The molecular weight excluding hydrogens is 282 g/mol. The summed E-state index contributed by atoms with van der Waals surface area (Å²) in [7, 11) is 1.30. The number of esters is 1. The van der Waals surface area contributed by atoms with Crippen molar-refractivity contribution in [1.29, 1.82) is 0 Å². The minimum absolute atomic E-state index is 0.0689. The van der Waals surface area contributed by atoms with Crippen LogP contribution in [-0.4, -0.2) is 34.8 Å². The van der Waals surface area contributed by atoms with Crippen LogP contribution in [0.4, 0.5) is 0 Å². The van der Waals surface area contributed by atoms with Crippen molar-refractivity contribution in [2.75, 3.05) is 7.11 Å². The van der Waals surface area contributed by atoms with Crippen LogP contribution in [0.5, 0.6) is 0 Å². The molecule has 1 unspecified atom stereocenters. The van der Waals surface area contributed by atoms with Gasteiger partial charge in [-0.05, 0) is 18.1 Å². The number of carbonyl (C=O) groups is 2. The topological polar surface area (TPSA) is 73.2 Å². The normalized spacial score (nSPS) is 12.0. The van der Waals surface area contributed by atoms with Gasteiger partial charge in [-0.15, -0.1) is 0 Å². The lowest BCUT2D eigenvalue weighted by molar-refractivity contribution is -0.144. The molecule has 1 atom stereocenters. The molecule has 2 aromatic rings. The number of para-hydroxylation sites is 1. The Labute approximate surface area is 129 Å². The van der Waals surface area contributed by atoms with E-state index < -0.39 is 12.0 Å². The summed E-state index contributed by atoms with van der Waals surface area (Å²) in [4.78, 5) is 23.9. The molecular formula is C16H19N3O3. The molecule has 22 heavy (non-hydrogen) atoms. The fourth-order valence-electron chi connectivity index (χ4n) is 2.01. The lowest BCUT2D eigenvalue weighted by atomic mass is 10.0. The minimum Gasteiger partial charge on any atom is -0.467 e. The highest BCUT2D eigenvalue weighted by molar-refractivity contribution is 5.96. The van der Waals surface area contributed by atoms with E-state index in [4.69, 9.17) is 4.74 Å². The Morgan fingerprint density at radius 3 is 2.50 bits per heavy atom. The van der Waals surface area contributed by atoms with Gasteiger partial charge in [-0.1, -0.05) is 32.0 Å². The van der Waals surface area contributed by atoms with Gasteiger partial charge in [0.1, 0.15) is 6.04 Å². The summed E-state index contributed by atoms with van der Waals surface area (Å²) in [6.45, 7) is 3.69. The Morgan fingerprint density at radius 2 is 1.91 bits per heavy atom. The molecule has 0 aliphatic carbocycles. The van der Waals surface area contributed by atoms with Crippen LogP contribution in [0.2, 0.25) is 0 Å². The Bertz CT molecular complexity index is 650. The highest BCUT2D eigenvalue weighted by atomic mass is 16.5. The SMILES string of the molecule is COC(=O)C(NC(=O)c1cnn(-c2ccccc2)c1)C(C)C. The number of ether oxygens (including phenoxy) is 1. The average Bonchev–Trinajstić information content (AvgIpc) is 3.02. The first-order chi connectivity index (χ1) is 10.5. The molecule has 0 fully saturated rings. The molecule has 0 saturated carbocycles. The number of amides is 1. The van der Waals surface area contributed by atoms with Crippen LogP contribution < -0.4 is 5.32 Å². The number of aromatic nitrogens is 2. The summed E-state index contributed by atoms with van der Waals surface area (Å²) < 4.78 is 6.32. The first-order valence-electron chi connectivity index (χ1n) is 7.01. The molecule has 6 heteroatoms. The van der Waals surface area contributed by atoms with Gasteiger partial charge in [0, 0.05) is 6.20 Å². The lowest BCUT2D eigenvalue weighted by Crippen LogP contribution is -2.44. The Morgan fingerprint density at radius 1 is 1.23 bits per heavy atom. The predicted octanol–water partition coefficient (Wildman–Crippen LogP) is 1.80. The first-order valence-corrected chi connectivity index (χ1v) is 7.01. The van der Waals surface area contributed by atoms with Crippen LogP contribution in [0, 0.1) is 5.92 Å². The molecule has 0 aliphatic rings. The molecule has 0 bridgehead atoms. The molecule has 0 spiro atoms. The Kier molecular flexibility index (Phi) is 4.93. The molecule has 116 valence electrons. The largest absolute Gasteiger partial charge is 0.467 e.